The first-order chi connectivity index (χ1) is 26.4. The molecule has 11 heteroatoms. The topological polar surface area (TPSA) is 161 Å². The van der Waals surface area contributed by atoms with Crippen LogP contribution in [-0.2, 0) is 39.9 Å². The van der Waals surface area contributed by atoms with Crippen molar-refractivity contribution in [3.8, 4) is 0 Å². The zero-order valence-corrected chi connectivity index (χ0v) is 34.6. The molecule has 2 bridgehead atoms. The lowest BCUT2D eigenvalue weighted by molar-refractivity contribution is -0.349. The first-order valence-electron chi connectivity index (χ1n) is 21.0. The number of ether oxygens (including phenoxy) is 5. The molecule has 1 aromatic carbocycles. The third-order valence-electron chi connectivity index (χ3n) is 16.7. The molecule has 0 amide bonds. The average Bonchev–Trinajstić information content (AvgIpc) is 3.15. The molecular weight excluding hydrogens is 716 g/mol. The van der Waals surface area contributed by atoms with Gasteiger partial charge < -0.3 is 44.1 Å². The van der Waals surface area contributed by atoms with Crippen molar-refractivity contribution in [2.45, 2.75) is 143 Å². The third-order valence-corrected chi connectivity index (χ3v) is 16.7. The predicted molar refractivity (Wildman–Crippen MR) is 206 cm³/mol. The Balaban J connectivity index is 1.26. The van der Waals surface area contributed by atoms with Crippen molar-refractivity contribution in [1.82, 2.24) is 0 Å². The molecule has 6 aliphatic rings. The Labute approximate surface area is 332 Å². The molecule has 1 aromatic rings. The van der Waals surface area contributed by atoms with Crippen LogP contribution < -0.4 is 0 Å². The van der Waals surface area contributed by atoms with Gasteiger partial charge in [-0.25, -0.2) is 0 Å². The van der Waals surface area contributed by atoms with Gasteiger partial charge in [0.2, 0.25) is 0 Å². The summed E-state index contributed by atoms with van der Waals surface area (Å²) in [5.74, 6) is 0.00506. The Morgan fingerprint density at radius 2 is 1.64 bits per heavy atom. The van der Waals surface area contributed by atoms with Crippen molar-refractivity contribution in [2.75, 3.05) is 19.8 Å². The number of carbonyl (C=O) groups excluding carboxylic acids is 2. The molecule has 7 rings (SSSR count). The zero-order chi connectivity index (χ0) is 40.6. The monoisotopic (exact) mass is 782 g/mol. The highest BCUT2D eigenvalue weighted by Gasteiger charge is 2.72. The van der Waals surface area contributed by atoms with Gasteiger partial charge >= 0.3 is 11.9 Å². The molecule has 3 saturated carbocycles. The van der Waals surface area contributed by atoms with Crippen LogP contribution in [0.15, 0.2) is 42.0 Å². The smallest absolute Gasteiger partial charge is 0.310 e. The standard InChI is InChI=1S/C45H66O11/c1-25(2)26(3)41(5)18-19-43(7)29-14-15-33-42(6)23-52-24-45(33,30(29)16-17-44(43,8)37(41)39(51)53-22-28-12-10-9-11-13-28)20-31(54-27(4)47)38(42)56-40-36(50)35(49)34(48)32(21-46)55-40/h9-13,16,25-26,29,31-38,40,46,48-50H,14-15,17-24H2,1-8H3/t26-,29+,31-,32?,33+,34-,35+,36?,37-,38+,40+,41-,42+,43-,44+,45+/m1/s1. The first-order valence-corrected chi connectivity index (χ1v) is 21.0. The number of aliphatic hydroxyl groups is 4. The van der Waals surface area contributed by atoms with E-state index in [1.807, 2.05) is 30.3 Å². The number of esters is 2. The maximum absolute atomic E-state index is 14.8. The normalized spacial score (nSPS) is 46.4. The number of benzene rings is 1. The van der Waals surface area contributed by atoms with Crippen molar-refractivity contribution in [3.05, 3.63) is 47.5 Å². The van der Waals surface area contributed by atoms with Crippen LogP contribution >= 0.6 is 0 Å². The molecule has 11 nitrogen and oxygen atoms in total. The highest BCUT2D eigenvalue weighted by molar-refractivity contribution is 5.75. The van der Waals surface area contributed by atoms with Gasteiger partial charge in [0.05, 0.1) is 25.7 Å². The van der Waals surface area contributed by atoms with Crippen LogP contribution in [0.2, 0.25) is 0 Å². The van der Waals surface area contributed by atoms with E-state index in [2.05, 4.69) is 54.5 Å². The number of allylic oxidation sites excluding steroid dienone is 1. The lowest BCUT2D eigenvalue weighted by atomic mass is 9.34. The molecule has 2 saturated heterocycles. The average molecular weight is 783 g/mol. The molecule has 0 spiro atoms. The summed E-state index contributed by atoms with van der Waals surface area (Å²) >= 11 is 0. The Bertz CT molecular complexity index is 1650. The van der Waals surface area contributed by atoms with E-state index in [1.165, 1.54) is 12.5 Å². The summed E-state index contributed by atoms with van der Waals surface area (Å²) in [6.45, 7) is 17.9. The molecule has 5 fully saturated rings. The number of hydrogen-bond acceptors (Lipinski definition) is 11. The molecule has 2 aliphatic heterocycles. The molecule has 4 aliphatic carbocycles. The van der Waals surface area contributed by atoms with E-state index in [4.69, 9.17) is 23.7 Å². The Kier molecular flexibility index (Phi) is 11.2. The first kappa shape index (κ1) is 41.8. The van der Waals surface area contributed by atoms with Gasteiger partial charge in [0.25, 0.3) is 0 Å². The second-order valence-electron chi connectivity index (χ2n) is 19.7. The van der Waals surface area contributed by atoms with Gasteiger partial charge in [0.15, 0.2) is 6.29 Å². The zero-order valence-electron chi connectivity index (χ0n) is 34.6. The van der Waals surface area contributed by atoms with Gasteiger partial charge in [0.1, 0.15) is 43.2 Å². The van der Waals surface area contributed by atoms with Crippen molar-refractivity contribution in [1.29, 1.82) is 0 Å². The Morgan fingerprint density at radius 3 is 2.30 bits per heavy atom. The Hall–Kier alpha value is -2.38. The minimum Gasteiger partial charge on any atom is -0.461 e. The number of rotatable bonds is 9. The van der Waals surface area contributed by atoms with Crippen molar-refractivity contribution in [2.24, 2.45) is 56.7 Å². The van der Waals surface area contributed by atoms with Crippen LogP contribution in [0.5, 0.6) is 0 Å². The van der Waals surface area contributed by atoms with E-state index in [9.17, 15) is 30.0 Å². The van der Waals surface area contributed by atoms with Gasteiger partial charge in [0, 0.05) is 17.8 Å². The summed E-state index contributed by atoms with van der Waals surface area (Å²) < 4.78 is 31.4. The Morgan fingerprint density at radius 1 is 0.929 bits per heavy atom. The van der Waals surface area contributed by atoms with Crippen LogP contribution in [0.3, 0.4) is 0 Å². The quantitative estimate of drug-likeness (QED) is 0.145. The van der Waals surface area contributed by atoms with Gasteiger partial charge in [-0.05, 0) is 84.0 Å². The van der Waals surface area contributed by atoms with Gasteiger partial charge in [-0.15, -0.1) is 0 Å². The molecule has 2 unspecified atom stereocenters. The van der Waals surface area contributed by atoms with E-state index in [0.717, 1.165) is 31.2 Å². The molecule has 0 radical (unpaired) electrons. The second-order valence-corrected chi connectivity index (χ2v) is 19.7. The molecule has 16 atom stereocenters. The lowest BCUT2D eigenvalue weighted by Gasteiger charge is -2.71. The number of aliphatic hydroxyl groups excluding tert-OH is 4. The SMILES string of the molecule is CC(=O)O[C@@H]1C[C@@]23COC[C@@](C)([C@@H]2CC[C@H]2C3=CC[C@@]3(C)[C@H](C(=O)OCc4ccccc4)[C@@](C)([C@H](C)C(C)C)CC[C@]23C)[C@H]1O[C@@H]1OC(CO)[C@@H](O)[C@H](O)C1O. The summed E-state index contributed by atoms with van der Waals surface area (Å²) in [7, 11) is 0. The highest BCUT2D eigenvalue weighted by Crippen LogP contribution is 2.75. The van der Waals surface area contributed by atoms with Crippen LogP contribution in [0, 0.1) is 56.7 Å². The van der Waals surface area contributed by atoms with Gasteiger partial charge in [-0.2, -0.15) is 0 Å². The lowest BCUT2D eigenvalue weighted by Crippen LogP contribution is -2.71. The van der Waals surface area contributed by atoms with E-state index in [1.54, 1.807) is 0 Å². The summed E-state index contributed by atoms with van der Waals surface area (Å²) in [5.41, 5.74) is 0.240. The molecule has 2 heterocycles. The molecule has 4 N–H and O–H groups in total. The van der Waals surface area contributed by atoms with Crippen molar-refractivity contribution in [3.63, 3.8) is 0 Å². The van der Waals surface area contributed by atoms with Gasteiger partial charge in [-0.1, -0.05) is 90.4 Å². The summed E-state index contributed by atoms with van der Waals surface area (Å²) in [5, 5.41) is 42.0. The molecule has 312 valence electrons. The van der Waals surface area contributed by atoms with Crippen molar-refractivity contribution >= 4 is 11.9 Å². The van der Waals surface area contributed by atoms with E-state index in [-0.39, 0.29) is 47.1 Å². The van der Waals surface area contributed by atoms with E-state index < -0.39 is 71.7 Å². The van der Waals surface area contributed by atoms with E-state index in [0.29, 0.717) is 32.0 Å². The maximum atomic E-state index is 14.8. The number of carbonyl (C=O) groups is 2. The van der Waals surface area contributed by atoms with Crippen LogP contribution in [-0.4, -0.2) is 95.1 Å². The third kappa shape index (κ3) is 6.32. The molecule has 56 heavy (non-hydrogen) atoms. The van der Waals surface area contributed by atoms with Crippen molar-refractivity contribution < 1.29 is 53.7 Å². The van der Waals surface area contributed by atoms with E-state index >= 15 is 0 Å². The largest absolute Gasteiger partial charge is 0.461 e. The summed E-state index contributed by atoms with van der Waals surface area (Å²) in [4.78, 5) is 27.6. The fourth-order valence-electron chi connectivity index (χ4n) is 13.2. The molecular formula is C45H66O11. The van der Waals surface area contributed by atoms with Crippen LogP contribution in [0.4, 0.5) is 0 Å². The van der Waals surface area contributed by atoms with Crippen LogP contribution in [0.25, 0.3) is 0 Å². The molecule has 0 aromatic heterocycles. The highest BCUT2D eigenvalue weighted by atomic mass is 16.7. The number of hydrogen-bond donors (Lipinski definition) is 4. The fraction of sp³-hybridized carbons (Fsp3) is 0.778. The summed E-state index contributed by atoms with van der Waals surface area (Å²) in [6.07, 6.45) is -1.54. The summed E-state index contributed by atoms with van der Waals surface area (Å²) in [6, 6.07) is 9.90. The maximum Gasteiger partial charge on any atom is 0.310 e. The fourth-order valence-corrected chi connectivity index (χ4v) is 13.2. The minimum atomic E-state index is -1.60. The second kappa shape index (κ2) is 15.0. The number of fused-ring (bicyclic) bond motifs is 3. The van der Waals surface area contributed by atoms with Crippen LogP contribution in [0.1, 0.15) is 99.5 Å². The van der Waals surface area contributed by atoms with Gasteiger partial charge in [-0.3, -0.25) is 9.59 Å². The minimum absolute atomic E-state index is 0.0716. The predicted octanol–water partition coefficient (Wildman–Crippen LogP) is 5.35.